The maximum absolute atomic E-state index is 12.6. The van der Waals surface area contributed by atoms with Gasteiger partial charge in [0.2, 0.25) is 10.0 Å². The highest BCUT2D eigenvalue weighted by Crippen LogP contribution is 2.19. The molecule has 1 aromatic carbocycles. The first-order valence-electron chi connectivity index (χ1n) is 7.39. The highest BCUT2D eigenvalue weighted by molar-refractivity contribution is 7.89. The van der Waals surface area contributed by atoms with Crippen molar-refractivity contribution < 1.29 is 8.42 Å². The summed E-state index contributed by atoms with van der Waals surface area (Å²) in [5, 5.41) is 4.25. The lowest BCUT2D eigenvalue weighted by molar-refractivity contribution is 0.466. The molecular weight excluding hydrogens is 298 g/mol. The minimum atomic E-state index is -3.48. The van der Waals surface area contributed by atoms with Crippen LogP contribution in [0.5, 0.6) is 0 Å². The summed E-state index contributed by atoms with van der Waals surface area (Å²) in [4.78, 5) is 0.330. The van der Waals surface area contributed by atoms with Gasteiger partial charge in [-0.3, -0.25) is 4.68 Å². The molecule has 120 valence electrons. The average molecular weight is 321 g/mol. The van der Waals surface area contributed by atoms with Crippen LogP contribution in [-0.2, 0) is 30.0 Å². The molecule has 0 atom stereocenters. The van der Waals surface area contributed by atoms with Crippen LogP contribution in [0.25, 0.3) is 0 Å². The summed E-state index contributed by atoms with van der Waals surface area (Å²) in [7, 11) is -0.0503. The number of aryl methyl sites for hydroxylation is 3. The van der Waals surface area contributed by atoms with Crippen LogP contribution >= 0.6 is 0 Å². The third kappa shape index (κ3) is 3.56. The molecule has 2 aromatic rings. The van der Waals surface area contributed by atoms with Crippen molar-refractivity contribution in [3.8, 4) is 0 Å². The van der Waals surface area contributed by atoms with Crippen molar-refractivity contribution in [1.29, 1.82) is 0 Å². The van der Waals surface area contributed by atoms with Crippen molar-refractivity contribution in [3.63, 3.8) is 0 Å². The summed E-state index contributed by atoms with van der Waals surface area (Å²) >= 11 is 0. The van der Waals surface area contributed by atoms with E-state index in [0.717, 1.165) is 29.7 Å². The molecule has 0 saturated heterocycles. The summed E-state index contributed by atoms with van der Waals surface area (Å²) in [5.41, 5.74) is 2.92. The molecule has 0 saturated carbocycles. The first kappa shape index (κ1) is 16.7. The van der Waals surface area contributed by atoms with Crippen molar-refractivity contribution in [2.24, 2.45) is 7.05 Å². The van der Waals surface area contributed by atoms with Gasteiger partial charge in [0, 0.05) is 32.4 Å². The fourth-order valence-corrected chi connectivity index (χ4v) is 3.57. The van der Waals surface area contributed by atoms with E-state index in [-0.39, 0.29) is 0 Å². The molecule has 0 bridgehead atoms. The van der Waals surface area contributed by atoms with Gasteiger partial charge >= 0.3 is 0 Å². The minimum absolute atomic E-state index is 0.318. The van der Waals surface area contributed by atoms with Gasteiger partial charge in [0.15, 0.2) is 0 Å². The molecule has 0 aliphatic heterocycles. The van der Waals surface area contributed by atoms with E-state index < -0.39 is 10.0 Å². The van der Waals surface area contributed by atoms with E-state index in [9.17, 15) is 8.42 Å². The second kappa shape index (κ2) is 6.62. The summed E-state index contributed by atoms with van der Waals surface area (Å²) < 4.78 is 28.3. The number of rotatable bonds is 6. The third-order valence-electron chi connectivity index (χ3n) is 3.68. The highest BCUT2D eigenvalue weighted by atomic mass is 32.2. The second-order valence-electron chi connectivity index (χ2n) is 5.57. The first-order chi connectivity index (χ1) is 10.3. The zero-order valence-corrected chi connectivity index (χ0v) is 14.4. The zero-order chi connectivity index (χ0) is 16.3. The van der Waals surface area contributed by atoms with Crippen LogP contribution in [0.1, 0.15) is 30.2 Å². The zero-order valence-electron chi connectivity index (χ0n) is 13.6. The Morgan fingerprint density at radius 2 is 1.86 bits per heavy atom. The number of hydrogen-bond acceptors (Lipinski definition) is 3. The standard InChI is InChI=1S/C16H23N3O2S/c1-5-6-14-7-9-16(10-8-14)22(20,21)19(4)12-15-11-18(3)17-13(15)2/h7-11H,5-6,12H2,1-4H3. The SMILES string of the molecule is CCCc1ccc(S(=O)(=O)N(C)Cc2cn(C)nc2C)cc1. The molecule has 6 heteroatoms. The van der Waals surface area contributed by atoms with Crippen LogP contribution in [-0.4, -0.2) is 29.6 Å². The number of aromatic nitrogens is 2. The Balaban J connectivity index is 2.19. The molecule has 5 nitrogen and oxygen atoms in total. The predicted octanol–water partition coefficient (Wildman–Crippen LogP) is 2.50. The highest BCUT2D eigenvalue weighted by Gasteiger charge is 2.22. The molecule has 0 aliphatic rings. The van der Waals surface area contributed by atoms with Gasteiger partial charge in [0.25, 0.3) is 0 Å². The smallest absolute Gasteiger partial charge is 0.243 e. The van der Waals surface area contributed by atoms with E-state index in [4.69, 9.17) is 0 Å². The molecule has 0 aliphatic carbocycles. The Bertz CT molecular complexity index is 733. The van der Waals surface area contributed by atoms with Crippen molar-refractivity contribution in [1.82, 2.24) is 14.1 Å². The molecule has 1 heterocycles. The molecule has 0 fully saturated rings. The van der Waals surface area contributed by atoms with Crippen LogP contribution in [0.4, 0.5) is 0 Å². The summed E-state index contributed by atoms with van der Waals surface area (Å²) in [6, 6.07) is 7.15. The summed E-state index contributed by atoms with van der Waals surface area (Å²) in [6.07, 6.45) is 3.86. The number of nitrogens with zero attached hydrogens (tertiary/aromatic N) is 3. The van der Waals surface area contributed by atoms with Crippen LogP contribution in [0, 0.1) is 6.92 Å². The number of benzene rings is 1. The quantitative estimate of drug-likeness (QED) is 0.821. The monoisotopic (exact) mass is 321 g/mol. The van der Waals surface area contributed by atoms with E-state index in [1.54, 1.807) is 23.9 Å². The van der Waals surface area contributed by atoms with Crippen LogP contribution in [0.2, 0.25) is 0 Å². The van der Waals surface area contributed by atoms with Gasteiger partial charge in [-0.05, 0) is 31.0 Å². The predicted molar refractivity (Wildman–Crippen MR) is 87.0 cm³/mol. The van der Waals surface area contributed by atoms with Gasteiger partial charge in [0.1, 0.15) is 0 Å². The second-order valence-corrected chi connectivity index (χ2v) is 7.61. The maximum Gasteiger partial charge on any atom is 0.243 e. The molecule has 0 radical (unpaired) electrons. The maximum atomic E-state index is 12.6. The van der Waals surface area contributed by atoms with Gasteiger partial charge < -0.3 is 0 Å². The van der Waals surface area contributed by atoms with E-state index >= 15 is 0 Å². The van der Waals surface area contributed by atoms with E-state index in [1.807, 2.05) is 32.3 Å². The largest absolute Gasteiger partial charge is 0.275 e. The summed E-state index contributed by atoms with van der Waals surface area (Å²) in [6.45, 7) is 4.31. The van der Waals surface area contributed by atoms with Crippen molar-refractivity contribution >= 4 is 10.0 Å². The lowest BCUT2D eigenvalue weighted by Crippen LogP contribution is -2.26. The van der Waals surface area contributed by atoms with Crippen LogP contribution < -0.4 is 0 Å². The molecule has 0 N–H and O–H groups in total. The Labute approximate surface area is 132 Å². The van der Waals surface area contributed by atoms with Gasteiger partial charge in [-0.2, -0.15) is 9.40 Å². The van der Waals surface area contributed by atoms with Crippen LogP contribution in [0.15, 0.2) is 35.4 Å². The van der Waals surface area contributed by atoms with E-state index in [2.05, 4.69) is 12.0 Å². The normalized spacial score (nSPS) is 12.0. The average Bonchev–Trinajstić information content (AvgIpc) is 2.78. The van der Waals surface area contributed by atoms with Crippen LogP contribution in [0.3, 0.4) is 0 Å². The van der Waals surface area contributed by atoms with Gasteiger partial charge in [0.05, 0.1) is 10.6 Å². The van der Waals surface area contributed by atoms with Crippen molar-refractivity contribution in [2.75, 3.05) is 7.05 Å². The number of sulfonamides is 1. The summed E-state index contributed by atoms with van der Waals surface area (Å²) in [5.74, 6) is 0. The first-order valence-corrected chi connectivity index (χ1v) is 8.83. The Morgan fingerprint density at radius 3 is 2.36 bits per heavy atom. The van der Waals surface area contributed by atoms with E-state index in [1.165, 1.54) is 4.31 Å². The third-order valence-corrected chi connectivity index (χ3v) is 5.50. The Kier molecular flexibility index (Phi) is 5.03. The molecular formula is C16H23N3O2S. The Morgan fingerprint density at radius 1 is 1.23 bits per heavy atom. The van der Waals surface area contributed by atoms with Gasteiger partial charge in [-0.15, -0.1) is 0 Å². The fraction of sp³-hybridized carbons (Fsp3) is 0.438. The lowest BCUT2D eigenvalue weighted by atomic mass is 10.1. The molecule has 2 rings (SSSR count). The molecule has 22 heavy (non-hydrogen) atoms. The van der Waals surface area contributed by atoms with Gasteiger partial charge in [-0.1, -0.05) is 25.5 Å². The Hall–Kier alpha value is -1.66. The molecule has 0 amide bonds. The molecule has 0 unspecified atom stereocenters. The minimum Gasteiger partial charge on any atom is -0.275 e. The molecule has 0 spiro atoms. The lowest BCUT2D eigenvalue weighted by Gasteiger charge is -2.17. The van der Waals surface area contributed by atoms with Gasteiger partial charge in [-0.25, -0.2) is 8.42 Å². The fourth-order valence-electron chi connectivity index (χ4n) is 2.43. The topological polar surface area (TPSA) is 55.2 Å². The van der Waals surface area contributed by atoms with Crippen molar-refractivity contribution in [3.05, 3.63) is 47.3 Å². The van der Waals surface area contributed by atoms with E-state index in [0.29, 0.717) is 11.4 Å². The molecule has 1 aromatic heterocycles. The number of hydrogen-bond donors (Lipinski definition) is 0. The van der Waals surface area contributed by atoms with Crippen molar-refractivity contribution in [2.45, 2.75) is 38.1 Å².